The third-order valence-corrected chi connectivity index (χ3v) is 9.52. The molecule has 3 fully saturated rings. The fourth-order valence-corrected chi connectivity index (χ4v) is 6.93. The molecule has 7 nitrogen and oxygen atoms in total. The van der Waals surface area contributed by atoms with Gasteiger partial charge in [-0.2, -0.15) is 5.26 Å². The predicted octanol–water partition coefficient (Wildman–Crippen LogP) is 5.51. The summed E-state index contributed by atoms with van der Waals surface area (Å²) in [5, 5.41) is 13.8. The van der Waals surface area contributed by atoms with Gasteiger partial charge in [0.2, 0.25) is 0 Å². The van der Waals surface area contributed by atoms with E-state index in [1.807, 2.05) is 25.3 Å². The normalized spacial score (nSPS) is 26.0. The van der Waals surface area contributed by atoms with Crippen molar-refractivity contribution in [3.63, 3.8) is 0 Å². The molecule has 0 unspecified atom stereocenters. The van der Waals surface area contributed by atoms with Crippen molar-refractivity contribution in [2.75, 3.05) is 26.9 Å². The molecule has 1 aliphatic carbocycles. The summed E-state index contributed by atoms with van der Waals surface area (Å²) in [6.45, 7) is 7.34. The van der Waals surface area contributed by atoms with Crippen LogP contribution in [0.1, 0.15) is 65.7 Å². The Morgan fingerprint density at radius 1 is 1.26 bits per heavy atom. The Labute approximate surface area is 230 Å². The Balaban J connectivity index is 1.27. The second-order valence-electron chi connectivity index (χ2n) is 12.0. The maximum absolute atomic E-state index is 12.9. The highest BCUT2D eigenvalue weighted by atomic mass is 16.5. The lowest BCUT2D eigenvalue weighted by Gasteiger charge is -2.53. The highest BCUT2D eigenvalue weighted by Crippen LogP contribution is 2.56. The smallest absolute Gasteiger partial charge is 0.251 e. The topological polar surface area (TPSA) is 90.4 Å². The monoisotopic (exact) mass is 526 g/mol. The number of aromatic nitrogens is 1. The van der Waals surface area contributed by atoms with Crippen molar-refractivity contribution in [3.05, 3.63) is 64.8 Å². The van der Waals surface area contributed by atoms with Crippen molar-refractivity contribution < 1.29 is 14.3 Å². The van der Waals surface area contributed by atoms with Gasteiger partial charge in [0, 0.05) is 58.7 Å². The van der Waals surface area contributed by atoms with Gasteiger partial charge in [-0.1, -0.05) is 12.1 Å². The van der Waals surface area contributed by atoms with Crippen LogP contribution in [0.2, 0.25) is 0 Å². The van der Waals surface area contributed by atoms with Crippen LogP contribution < -0.4 is 10.1 Å². The van der Waals surface area contributed by atoms with Crippen molar-refractivity contribution in [1.29, 1.82) is 5.26 Å². The molecular weight excluding hydrogens is 488 g/mol. The molecule has 3 heterocycles. The Morgan fingerprint density at radius 3 is 2.69 bits per heavy atom. The van der Waals surface area contributed by atoms with Gasteiger partial charge < -0.3 is 19.8 Å². The minimum absolute atomic E-state index is 0.0342. The van der Waals surface area contributed by atoms with Crippen molar-refractivity contribution in [2.45, 2.75) is 58.2 Å². The molecule has 0 bridgehead atoms. The lowest BCUT2D eigenvalue weighted by molar-refractivity contribution is -0.0453. The number of carbonyl (C=O) groups is 1. The van der Waals surface area contributed by atoms with Crippen molar-refractivity contribution in [2.24, 2.45) is 17.3 Å². The molecular formula is C32H38N4O3. The summed E-state index contributed by atoms with van der Waals surface area (Å²) in [5.41, 5.74) is 5.68. The zero-order valence-electron chi connectivity index (χ0n) is 23.1. The molecule has 1 amide bonds. The maximum Gasteiger partial charge on any atom is 0.251 e. The molecule has 39 heavy (non-hydrogen) atoms. The molecule has 2 N–H and O–H groups in total. The van der Waals surface area contributed by atoms with E-state index in [0.717, 1.165) is 50.0 Å². The van der Waals surface area contributed by atoms with Gasteiger partial charge in [-0.05, 0) is 86.9 Å². The lowest BCUT2D eigenvalue weighted by atomic mass is 9.56. The van der Waals surface area contributed by atoms with Crippen LogP contribution in [0.25, 0.3) is 10.9 Å². The molecule has 2 aromatic carbocycles. The first-order valence-electron chi connectivity index (χ1n) is 14.2. The van der Waals surface area contributed by atoms with Crippen LogP contribution >= 0.6 is 0 Å². The van der Waals surface area contributed by atoms with Gasteiger partial charge in [-0.25, -0.2) is 0 Å². The van der Waals surface area contributed by atoms with E-state index in [9.17, 15) is 10.1 Å². The van der Waals surface area contributed by atoms with Crippen molar-refractivity contribution >= 4 is 16.8 Å². The number of hydrogen-bond acceptors (Lipinski definition) is 5. The zero-order chi connectivity index (χ0) is 27.1. The lowest BCUT2D eigenvalue weighted by Crippen LogP contribution is -2.48. The number of H-pyrrole nitrogens is 1. The summed E-state index contributed by atoms with van der Waals surface area (Å²) in [5.74, 6) is 1.46. The minimum Gasteiger partial charge on any atom is -0.496 e. The SMILES string of the molecule is COc1cc(C)c2[nH]ccc2c1CN1CCC2(CC(C#N)C2)C[C@H]1c1ccc(C(=O)N[C@@H](C)C2COC2)cc1. The van der Waals surface area contributed by atoms with Gasteiger partial charge in [-0.15, -0.1) is 0 Å². The Hall–Kier alpha value is -3.34. The first-order chi connectivity index (χ1) is 18.9. The number of methoxy groups -OCH3 is 1. The zero-order valence-corrected chi connectivity index (χ0v) is 23.1. The van der Waals surface area contributed by atoms with Crippen LogP contribution in [-0.2, 0) is 11.3 Å². The Morgan fingerprint density at radius 2 is 2.03 bits per heavy atom. The standard InChI is InChI=1S/C32H38N4O3/c1-20-12-29(38-3)27(26-8-10-34-30(20)26)17-36-11-9-32(13-22(14-32)16-33)15-28(36)23-4-6-24(7-5-23)31(37)35-21(2)25-18-39-19-25/h4-8,10,12,21-22,25,28,34H,9,11,13-15,17-19H2,1-3H3,(H,35,37)/t21-,22?,28-,32?/m0/s1. The number of aromatic amines is 1. The number of nitrogens with zero attached hydrogens (tertiary/aromatic N) is 2. The number of benzene rings is 2. The van der Waals surface area contributed by atoms with E-state index >= 15 is 0 Å². The number of nitrogens with one attached hydrogen (secondary N) is 2. The molecule has 0 radical (unpaired) electrons. The molecule has 1 aromatic heterocycles. The Kier molecular flexibility index (Phi) is 6.86. The minimum atomic E-state index is -0.0342. The summed E-state index contributed by atoms with van der Waals surface area (Å²) in [4.78, 5) is 18.9. The highest BCUT2D eigenvalue weighted by Gasteiger charge is 2.49. The first kappa shape index (κ1) is 25.9. The third-order valence-electron chi connectivity index (χ3n) is 9.52. The van der Waals surface area contributed by atoms with Gasteiger partial charge in [0.25, 0.3) is 5.91 Å². The van der Waals surface area contributed by atoms with E-state index < -0.39 is 0 Å². The molecule has 204 valence electrons. The van der Waals surface area contributed by atoms with Crippen LogP contribution in [0.15, 0.2) is 42.6 Å². The number of likely N-dealkylation sites (tertiary alicyclic amines) is 1. The van der Waals surface area contributed by atoms with Gasteiger partial charge in [0.05, 0.1) is 26.4 Å². The summed E-state index contributed by atoms with van der Waals surface area (Å²) >= 11 is 0. The van der Waals surface area contributed by atoms with E-state index in [0.29, 0.717) is 24.7 Å². The average molecular weight is 527 g/mol. The maximum atomic E-state index is 12.9. The molecule has 6 rings (SSSR count). The average Bonchev–Trinajstić information content (AvgIpc) is 3.39. The van der Waals surface area contributed by atoms with Gasteiger partial charge in [-0.3, -0.25) is 9.69 Å². The van der Waals surface area contributed by atoms with E-state index in [1.54, 1.807) is 7.11 Å². The van der Waals surface area contributed by atoms with Crippen LogP contribution in [0, 0.1) is 35.5 Å². The van der Waals surface area contributed by atoms with E-state index in [1.165, 1.54) is 22.1 Å². The number of carbonyl (C=O) groups excluding carboxylic acids is 1. The van der Waals surface area contributed by atoms with Crippen molar-refractivity contribution in [3.8, 4) is 11.8 Å². The number of fused-ring (bicyclic) bond motifs is 1. The quantitative estimate of drug-likeness (QED) is 0.424. The van der Waals surface area contributed by atoms with Gasteiger partial charge >= 0.3 is 0 Å². The summed E-state index contributed by atoms with van der Waals surface area (Å²) in [6, 6.07) is 15.2. The summed E-state index contributed by atoms with van der Waals surface area (Å²) < 4.78 is 11.1. The van der Waals surface area contributed by atoms with Gasteiger partial charge in [0.15, 0.2) is 0 Å². The predicted molar refractivity (Wildman–Crippen MR) is 150 cm³/mol. The van der Waals surface area contributed by atoms with Gasteiger partial charge in [0.1, 0.15) is 5.75 Å². The second-order valence-corrected chi connectivity index (χ2v) is 12.0. The second kappa shape index (κ2) is 10.3. The fourth-order valence-electron chi connectivity index (χ4n) is 6.93. The number of aryl methyl sites for hydroxylation is 1. The van der Waals surface area contributed by atoms with Crippen LogP contribution in [-0.4, -0.2) is 48.7 Å². The molecule has 2 atom stereocenters. The van der Waals surface area contributed by atoms with Crippen molar-refractivity contribution in [1.82, 2.24) is 15.2 Å². The molecule has 2 aliphatic heterocycles. The Bertz CT molecular complexity index is 1400. The number of rotatable bonds is 7. The third kappa shape index (κ3) is 4.81. The highest BCUT2D eigenvalue weighted by molar-refractivity contribution is 5.94. The van der Waals surface area contributed by atoms with E-state index in [4.69, 9.17) is 9.47 Å². The molecule has 1 spiro atoms. The number of amides is 1. The van der Waals surface area contributed by atoms with Crippen LogP contribution in [0.3, 0.4) is 0 Å². The fraction of sp³-hybridized carbons (Fsp3) is 0.500. The van der Waals surface area contributed by atoms with Crippen LogP contribution in [0.4, 0.5) is 0 Å². The van der Waals surface area contributed by atoms with E-state index in [-0.39, 0.29) is 29.3 Å². The molecule has 2 saturated heterocycles. The molecule has 3 aromatic rings. The molecule has 1 saturated carbocycles. The van der Waals surface area contributed by atoms with Crippen LogP contribution in [0.5, 0.6) is 5.75 Å². The molecule has 3 aliphatic rings. The largest absolute Gasteiger partial charge is 0.496 e. The molecule has 7 heteroatoms. The summed E-state index contributed by atoms with van der Waals surface area (Å²) in [6.07, 6.45) is 6.12. The number of ether oxygens (including phenoxy) is 2. The number of hydrogen-bond donors (Lipinski definition) is 2. The summed E-state index contributed by atoms with van der Waals surface area (Å²) in [7, 11) is 1.75. The number of nitriles is 1. The first-order valence-corrected chi connectivity index (χ1v) is 14.2. The number of piperidine rings is 1. The van der Waals surface area contributed by atoms with E-state index in [2.05, 4.69) is 52.5 Å².